The van der Waals surface area contributed by atoms with E-state index >= 15 is 0 Å². The highest BCUT2D eigenvalue weighted by Crippen LogP contribution is 2.24. The highest BCUT2D eigenvalue weighted by Gasteiger charge is 2.12. The molecule has 0 atom stereocenters. The summed E-state index contributed by atoms with van der Waals surface area (Å²) in [5, 5.41) is 2.92. The summed E-state index contributed by atoms with van der Waals surface area (Å²) >= 11 is 0. The molecule has 0 unspecified atom stereocenters. The van der Waals surface area contributed by atoms with Crippen LogP contribution >= 0.6 is 0 Å². The number of nitrogens with zero attached hydrogens (tertiary/aromatic N) is 1. The van der Waals surface area contributed by atoms with Gasteiger partial charge in [0.1, 0.15) is 11.6 Å². The fraction of sp³-hybridized carbons (Fsp3) is 0.190. The van der Waals surface area contributed by atoms with Crippen molar-refractivity contribution >= 4 is 17.5 Å². The van der Waals surface area contributed by atoms with Gasteiger partial charge in [-0.25, -0.2) is 9.37 Å². The summed E-state index contributed by atoms with van der Waals surface area (Å²) in [6.45, 7) is -0.0492. The number of carbonyl (C=O) groups is 2. The molecule has 0 fully saturated rings. The van der Waals surface area contributed by atoms with Crippen molar-refractivity contribution in [3.63, 3.8) is 0 Å². The highest BCUT2D eigenvalue weighted by molar-refractivity contribution is 5.84. The molecule has 156 valence electrons. The van der Waals surface area contributed by atoms with Crippen LogP contribution in [0.25, 0.3) is 11.3 Å². The molecule has 1 aromatic heterocycles. The summed E-state index contributed by atoms with van der Waals surface area (Å²) in [7, 11) is 1.54. The fourth-order valence-corrected chi connectivity index (χ4v) is 2.64. The van der Waals surface area contributed by atoms with Gasteiger partial charge in [0.25, 0.3) is 5.91 Å². The predicted molar refractivity (Wildman–Crippen MR) is 108 cm³/mol. The molecule has 2 aromatic carbocycles. The maximum atomic E-state index is 13.8. The zero-order valence-electron chi connectivity index (χ0n) is 16.3. The zero-order valence-corrected chi connectivity index (χ0v) is 16.3. The number of amides is 2. The molecule has 3 rings (SSSR count). The minimum Gasteiger partial charge on any atom is -0.495 e. The van der Waals surface area contributed by atoms with Crippen LogP contribution in [0.4, 0.5) is 10.1 Å². The van der Waals surface area contributed by atoms with Gasteiger partial charge in [0.05, 0.1) is 31.1 Å². The third-order valence-electron chi connectivity index (χ3n) is 4.15. The number of aryl methyl sites for hydroxylation is 1. The Hall–Kier alpha value is -3.88. The average Bonchev–Trinajstić information content (AvgIpc) is 3.24. The van der Waals surface area contributed by atoms with Gasteiger partial charge in [-0.3, -0.25) is 20.4 Å². The fourth-order valence-electron chi connectivity index (χ4n) is 2.64. The molecule has 0 aliphatic heterocycles. The molecule has 0 radical (unpaired) electrons. The Kier molecular flexibility index (Phi) is 6.99. The summed E-state index contributed by atoms with van der Waals surface area (Å²) < 4.78 is 24.5. The van der Waals surface area contributed by atoms with E-state index in [1.807, 2.05) is 12.1 Å². The van der Waals surface area contributed by atoms with E-state index < -0.39 is 17.6 Å². The summed E-state index contributed by atoms with van der Waals surface area (Å²) in [6.07, 6.45) is 1.66. The summed E-state index contributed by atoms with van der Waals surface area (Å²) in [5.41, 5.74) is 5.61. The predicted octanol–water partition coefficient (Wildman–Crippen LogP) is 2.68. The molecule has 0 bridgehead atoms. The lowest BCUT2D eigenvalue weighted by Gasteiger charge is -2.11. The molecule has 0 spiro atoms. The minimum absolute atomic E-state index is 0.0391. The van der Waals surface area contributed by atoms with E-state index in [2.05, 4.69) is 21.2 Å². The quantitative estimate of drug-likeness (QED) is 0.492. The Balaban J connectivity index is 1.41. The van der Waals surface area contributed by atoms with Crippen molar-refractivity contribution in [2.45, 2.75) is 12.8 Å². The van der Waals surface area contributed by atoms with Crippen LogP contribution in [0.15, 0.2) is 59.1 Å². The Morgan fingerprint density at radius 2 is 1.80 bits per heavy atom. The van der Waals surface area contributed by atoms with Crippen LogP contribution in [0.5, 0.6) is 5.75 Å². The summed E-state index contributed by atoms with van der Waals surface area (Å²) in [5.74, 6) is -0.0530. The Morgan fingerprint density at radius 1 is 1.07 bits per heavy atom. The Bertz CT molecular complexity index is 1020. The SMILES string of the molecule is COc1ccccc1NCC(=O)NNC(=O)CCc1ncc(-c2ccccc2F)o1. The molecule has 0 aliphatic carbocycles. The first-order valence-corrected chi connectivity index (χ1v) is 9.21. The average molecular weight is 412 g/mol. The molecule has 9 heteroatoms. The first-order chi connectivity index (χ1) is 14.6. The molecule has 8 nitrogen and oxygen atoms in total. The van der Waals surface area contributed by atoms with E-state index in [9.17, 15) is 14.0 Å². The van der Waals surface area contributed by atoms with E-state index in [1.54, 1.807) is 30.3 Å². The number of hydrogen-bond donors (Lipinski definition) is 3. The van der Waals surface area contributed by atoms with Crippen molar-refractivity contribution < 1.29 is 23.1 Å². The number of oxazole rings is 1. The van der Waals surface area contributed by atoms with Crippen LogP contribution in [0.1, 0.15) is 12.3 Å². The van der Waals surface area contributed by atoms with E-state index in [0.29, 0.717) is 28.7 Å². The smallest absolute Gasteiger partial charge is 0.257 e. The Labute approximate surface area is 172 Å². The third kappa shape index (κ3) is 5.57. The van der Waals surface area contributed by atoms with Crippen LogP contribution in [0.3, 0.4) is 0 Å². The van der Waals surface area contributed by atoms with Crippen molar-refractivity contribution in [3.8, 4) is 17.1 Å². The van der Waals surface area contributed by atoms with Crippen molar-refractivity contribution in [1.29, 1.82) is 0 Å². The van der Waals surface area contributed by atoms with E-state index in [4.69, 9.17) is 9.15 Å². The van der Waals surface area contributed by atoms with Gasteiger partial charge in [-0.05, 0) is 24.3 Å². The number of rotatable bonds is 8. The number of para-hydroxylation sites is 2. The van der Waals surface area contributed by atoms with Gasteiger partial charge in [-0.2, -0.15) is 0 Å². The first kappa shape index (κ1) is 20.8. The van der Waals surface area contributed by atoms with Crippen molar-refractivity contribution in [2.24, 2.45) is 0 Å². The van der Waals surface area contributed by atoms with Crippen molar-refractivity contribution in [3.05, 3.63) is 66.4 Å². The lowest BCUT2D eigenvalue weighted by Crippen LogP contribution is -2.44. The van der Waals surface area contributed by atoms with E-state index in [0.717, 1.165) is 0 Å². The number of halogens is 1. The van der Waals surface area contributed by atoms with Crippen LogP contribution in [0, 0.1) is 5.82 Å². The number of nitrogens with one attached hydrogen (secondary N) is 3. The zero-order chi connectivity index (χ0) is 21.3. The second-order valence-electron chi connectivity index (χ2n) is 6.25. The van der Waals surface area contributed by atoms with Gasteiger partial charge in [0.15, 0.2) is 11.7 Å². The molecule has 2 amide bonds. The maximum Gasteiger partial charge on any atom is 0.257 e. The number of anilines is 1. The lowest BCUT2D eigenvalue weighted by atomic mass is 10.2. The van der Waals surface area contributed by atoms with Gasteiger partial charge >= 0.3 is 0 Å². The molecule has 0 saturated heterocycles. The molecule has 3 N–H and O–H groups in total. The van der Waals surface area contributed by atoms with E-state index in [1.165, 1.54) is 19.4 Å². The molecule has 1 heterocycles. The standard InChI is InChI=1S/C21H21FN4O4/c1-29-17-9-5-4-8-16(17)23-13-20(28)26-25-19(27)10-11-21-24-12-18(30-21)14-6-2-3-7-15(14)22/h2-9,12,23H,10-11,13H2,1H3,(H,25,27)(H,26,28). The number of methoxy groups -OCH3 is 1. The van der Waals surface area contributed by atoms with Crippen LogP contribution in [0.2, 0.25) is 0 Å². The summed E-state index contributed by atoms with van der Waals surface area (Å²) in [4.78, 5) is 27.9. The topological polar surface area (TPSA) is 105 Å². The second-order valence-corrected chi connectivity index (χ2v) is 6.25. The van der Waals surface area contributed by atoms with Crippen LogP contribution in [-0.2, 0) is 16.0 Å². The third-order valence-corrected chi connectivity index (χ3v) is 4.15. The number of aromatic nitrogens is 1. The highest BCUT2D eigenvalue weighted by atomic mass is 19.1. The number of benzene rings is 2. The van der Waals surface area contributed by atoms with Crippen LogP contribution < -0.4 is 20.9 Å². The number of hydrogen-bond acceptors (Lipinski definition) is 6. The normalized spacial score (nSPS) is 10.3. The number of hydrazine groups is 1. The largest absolute Gasteiger partial charge is 0.495 e. The minimum atomic E-state index is -0.424. The maximum absolute atomic E-state index is 13.8. The number of ether oxygens (including phenoxy) is 1. The van der Waals surface area contributed by atoms with Gasteiger partial charge in [0, 0.05) is 12.8 Å². The molecular formula is C21H21FN4O4. The van der Waals surface area contributed by atoms with Crippen molar-refractivity contribution in [1.82, 2.24) is 15.8 Å². The van der Waals surface area contributed by atoms with Gasteiger partial charge in [-0.15, -0.1) is 0 Å². The molecule has 3 aromatic rings. The van der Waals surface area contributed by atoms with Gasteiger partial charge in [0.2, 0.25) is 5.91 Å². The number of carbonyl (C=O) groups excluding carboxylic acids is 2. The molecule has 0 aliphatic rings. The van der Waals surface area contributed by atoms with Gasteiger partial charge in [-0.1, -0.05) is 24.3 Å². The van der Waals surface area contributed by atoms with Gasteiger partial charge < -0.3 is 14.5 Å². The van der Waals surface area contributed by atoms with E-state index in [-0.39, 0.29) is 19.4 Å². The first-order valence-electron chi connectivity index (χ1n) is 9.21. The molecule has 30 heavy (non-hydrogen) atoms. The second kappa shape index (κ2) is 10.1. The monoisotopic (exact) mass is 412 g/mol. The Morgan fingerprint density at radius 3 is 2.60 bits per heavy atom. The summed E-state index contributed by atoms with van der Waals surface area (Å²) in [6, 6.07) is 13.4. The molecule has 0 saturated carbocycles. The van der Waals surface area contributed by atoms with Crippen molar-refractivity contribution in [2.75, 3.05) is 19.0 Å². The van der Waals surface area contributed by atoms with Crippen LogP contribution in [-0.4, -0.2) is 30.5 Å². The molecular weight excluding hydrogens is 391 g/mol. The lowest BCUT2D eigenvalue weighted by molar-refractivity contribution is -0.128.